The second-order valence-corrected chi connectivity index (χ2v) is 2.24. The van der Waals surface area contributed by atoms with Crippen LogP contribution in [0.2, 0.25) is 0 Å². The molecular weight excluding hydrogens is 148 g/mol. The fourth-order valence-electron chi connectivity index (χ4n) is 0.654. The fourth-order valence-corrected chi connectivity index (χ4v) is 0.654. The van der Waals surface area contributed by atoms with Gasteiger partial charge in [0, 0.05) is 0 Å². The maximum atomic E-state index is 10.4. The summed E-state index contributed by atoms with van der Waals surface area (Å²) in [4.78, 5) is 10.4. The molecule has 0 aliphatic rings. The summed E-state index contributed by atoms with van der Waals surface area (Å²) in [6, 6.07) is 0. The minimum absolute atomic E-state index is 0.0595. The Morgan fingerprint density at radius 3 is 2.64 bits per heavy atom. The van der Waals surface area contributed by atoms with Crippen LogP contribution < -0.4 is 0 Å². The zero-order valence-corrected chi connectivity index (χ0v) is 6.62. The van der Waals surface area contributed by atoms with Crippen LogP contribution in [0.1, 0.15) is 13.3 Å². The van der Waals surface area contributed by atoms with Gasteiger partial charge in [-0.05, 0) is 6.42 Å². The molecular formula is C7H14O4. The van der Waals surface area contributed by atoms with Gasteiger partial charge >= 0.3 is 5.97 Å². The second-order valence-electron chi connectivity index (χ2n) is 2.24. The minimum atomic E-state index is -0.842. The number of aliphatic carboxylic acids is 1. The molecule has 0 saturated heterocycles. The van der Waals surface area contributed by atoms with Gasteiger partial charge in [0.2, 0.25) is 0 Å². The Labute approximate surface area is 65.8 Å². The number of carbonyl (C=O) groups is 1. The maximum Gasteiger partial charge on any atom is 0.308 e. The quantitative estimate of drug-likeness (QED) is 0.544. The summed E-state index contributed by atoms with van der Waals surface area (Å²) in [5, 5.41) is 16.8. The highest BCUT2D eigenvalue weighted by Crippen LogP contribution is 2.02. The SMILES string of the molecule is CCC(COCCO)C(=O)O. The average Bonchev–Trinajstić information content (AvgIpc) is 1.97. The van der Waals surface area contributed by atoms with Gasteiger partial charge in [-0.1, -0.05) is 6.92 Å². The maximum absolute atomic E-state index is 10.4. The van der Waals surface area contributed by atoms with Crippen molar-refractivity contribution in [2.24, 2.45) is 5.92 Å². The van der Waals surface area contributed by atoms with Gasteiger partial charge < -0.3 is 14.9 Å². The zero-order chi connectivity index (χ0) is 8.69. The summed E-state index contributed by atoms with van der Waals surface area (Å²) in [6.07, 6.45) is 0.556. The number of ether oxygens (including phenoxy) is 1. The Morgan fingerprint density at radius 1 is 1.64 bits per heavy atom. The van der Waals surface area contributed by atoms with Gasteiger partial charge in [0.25, 0.3) is 0 Å². The number of hydrogen-bond donors (Lipinski definition) is 2. The summed E-state index contributed by atoms with van der Waals surface area (Å²) < 4.78 is 4.87. The van der Waals surface area contributed by atoms with Crippen LogP contribution in [0, 0.1) is 5.92 Å². The van der Waals surface area contributed by atoms with Crippen molar-refractivity contribution in [2.75, 3.05) is 19.8 Å². The third-order valence-electron chi connectivity index (χ3n) is 1.40. The lowest BCUT2D eigenvalue weighted by Gasteiger charge is -2.08. The monoisotopic (exact) mass is 162 g/mol. The number of hydrogen-bond acceptors (Lipinski definition) is 3. The van der Waals surface area contributed by atoms with Crippen molar-refractivity contribution in [3.63, 3.8) is 0 Å². The smallest absolute Gasteiger partial charge is 0.308 e. The van der Waals surface area contributed by atoms with Crippen LogP contribution in [0.15, 0.2) is 0 Å². The average molecular weight is 162 g/mol. The predicted molar refractivity (Wildman–Crippen MR) is 39.3 cm³/mol. The molecule has 0 amide bonds. The molecule has 0 spiro atoms. The minimum Gasteiger partial charge on any atom is -0.481 e. The summed E-state index contributed by atoms with van der Waals surface area (Å²) in [5.41, 5.74) is 0. The van der Waals surface area contributed by atoms with Gasteiger partial charge in [0.1, 0.15) is 0 Å². The van der Waals surface area contributed by atoms with E-state index >= 15 is 0 Å². The van der Waals surface area contributed by atoms with Gasteiger partial charge in [0.05, 0.1) is 25.7 Å². The molecule has 0 aromatic carbocycles. The highest BCUT2D eigenvalue weighted by atomic mass is 16.5. The predicted octanol–water partition coefficient (Wildman–Crippen LogP) is 0.106. The molecule has 0 aliphatic heterocycles. The van der Waals surface area contributed by atoms with Crippen molar-refractivity contribution >= 4 is 5.97 Å². The lowest BCUT2D eigenvalue weighted by molar-refractivity contribution is -0.144. The highest BCUT2D eigenvalue weighted by Gasteiger charge is 2.14. The van der Waals surface area contributed by atoms with Crippen molar-refractivity contribution in [3.05, 3.63) is 0 Å². The molecule has 0 aromatic rings. The molecule has 0 saturated carbocycles. The number of rotatable bonds is 6. The molecule has 66 valence electrons. The first-order valence-electron chi connectivity index (χ1n) is 3.63. The largest absolute Gasteiger partial charge is 0.481 e. The first-order chi connectivity index (χ1) is 5.22. The Kier molecular flexibility index (Phi) is 5.78. The Hall–Kier alpha value is -0.610. The first kappa shape index (κ1) is 10.4. The lowest BCUT2D eigenvalue weighted by Crippen LogP contribution is -2.19. The van der Waals surface area contributed by atoms with E-state index in [0.717, 1.165) is 0 Å². The topological polar surface area (TPSA) is 66.8 Å². The van der Waals surface area contributed by atoms with E-state index in [0.29, 0.717) is 6.42 Å². The molecule has 0 radical (unpaired) electrons. The molecule has 0 fully saturated rings. The number of aliphatic hydroxyl groups excluding tert-OH is 1. The van der Waals surface area contributed by atoms with Gasteiger partial charge in [-0.3, -0.25) is 4.79 Å². The molecule has 11 heavy (non-hydrogen) atoms. The van der Waals surface area contributed by atoms with Crippen LogP contribution >= 0.6 is 0 Å². The summed E-state index contributed by atoms with van der Waals surface area (Å²) in [6.45, 7) is 2.13. The Bertz CT molecular complexity index is 113. The Balaban J connectivity index is 3.44. The third kappa shape index (κ3) is 4.75. The summed E-state index contributed by atoms with van der Waals surface area (Å²) in [5.74, 6) is -1.29. The van der Waals surface area contributed by atoms with Gasteiger partial charge in [-0.2, -0.15) is 0 Å². The molecule has 4 nitrogen and oxygen atoms in total. The van der Waals surface area contributed by atoms with E-state index in [2.05, 4.69) is 0 Å². The molecule has 4 heteroatoms. The van der Waals surface area contributed by atoms with Crippen LogP contribution in [0.5, 0.6) is 0 Å². The van der Waals surface area contributed by atoms with Gasteiger partial charge in [-0.15, -0.1) is 0 Å². The summed E-state index contributed by atoms with van der Waals surface area (Å²) >= 11 is 0. The van der Waals surface area contributed by atoms with Crippen molar-refractivity contribution in [2.45, 2.75) is 13.3 Å². The van der Waals surface area contributed by atoms with Gasteiger partial charge in [-0.25, -0.2) is 0 Å². The molecule has 0 aromatic heterocycles. The number of aliphatic hydroxyl groups is 1. The van der Waals surface area contributed by atoms with Crippen LogP contribution in [0.3, 0.4) is 0 Å². The fraction of sp³-hybridized carbons (Fsp3) is 0.857. The molecule has 1 unspecified atom stereocenters. The van der Waals surface area contributed by atoms with E-state index in [1.54, 1.807) is 6.92 Å². The van der Waals surface area contributed by atoms with Gasteiger partial charge in [0.15, 0.2) is 0 Å². The molecule has 0 heterocycles. The van der Waals surface area contributed by atoms with Crippen molar-refractivity contribution < 1.29 is 19.7 Å². The second kappa shape index (κ2) is 6.12. The van der Waals surface area contributed by atoms with Crippen LogP contribution in [0.4, 0.5) is 0 Å². The number of carboxylic acid groups (broad SMARTS) is 1. The lowest BCUT2D eigenvalue weighted by atomic mass is 10.1. The first-order valence-corrected chi connectivity index (χ1v) is 3.63. The molecule has 0 rings (SSSR count). The van der Waals surface area contributed by atoms with E-state index in [4.69, 9.17) is 14.9 Å². The Morgan fingerprint density at radius 2 is 2.27 bits per heavy atom. The molecule has 2 N–H and O–H groups in total. The normalized spacial score (nSPS) is 12.9. The third-order valence-corrected chi connectivity index (χ3v) is 1.40. The van der Waals surface area contributed by atoms with E-state index in [-0.39, 0.29) is 19.8 Å². The van der Waals surface area contributed by atoms with Crippen molar-refractivity contribution in [1.82, 2.24) is 0 Å². The van der Waals surface area contributed by atoms with Crippen LogP contribution in [0.25, 0.3) is 0 Å². The zero-order valence-electron chi connectivity index (χ0n) is 6.62. The van der Waals surface area contributed by atoms with E-state index in [1.807, 2.05) is 0 Å². The van der Waals surface area contributed by atoms with E-state index in [1.165, 1.54) is 0 Å². The van der Waals surface area contributed by atoms with E-state index < -0.39 is 11.9 Å². The summed E-state index contributed by atoms with van der Waals surface area (Å²) in [7, 11) is 0. The van der Waals surface area contributed by atoms with Crippen LogP contribution in [-0.4, -0.2) is 36.0 Å². The van der Waals surface area contributed by atoms with Crippen molar-refractivity contribution in [3.8, 4) is 0 Å². The molecule has 0 bridgehead atoms. The molecule has 0 aliphatic carbocycles. The van der Waals surface area contributed by atoms with E-state index in [9.17, 15) is 4.79 Å². The number of carboxylic acids is 1. The van der Waals surface area contributed by atoms with Crippen LogP contribution in [-0.2, 0) is 9.53 Å². The standard InChI is InChI=1S/C7H14O4/c1-2-6(7(9)10)5-11-4-3-8/h6,8H,2-5H2,1H3,(H,9,10). The molecule has 1 atom stereocenters. The highest BCUT2D eigenvalue weighted by molar-refractivity contribution is 5.69. The van der Waals surface area contributed by atoms with Crippen molar-refractivity contribution in [1.29, 1.82) is 0 Å².